The summed E-state index contributed by atoms with van der Waals surface area (Å²) in [6.07, 6.45) is 1.24. The first-order valence-corrected chi connectivity index (χ1v) is 15.0. The number of nitrogens with zero attached hydrogens (tertiary/aromatic N) is 1. The van der Waals surface area contributed by atoms with E-state index in [4.69, 9.17) is 0 Å². The van der Waals surface area contributed by atoms with Crippen LogP contribution in [0.3, 0.4) is 0 Å². The maximum atomic E-state index is 13.3. The Morgan fingerprint density at radius 3 is 2.20 bits per heavy atom. The standard InChI is InChI=1S/C32H31FNO6P/c33-25-14-9-22(10-15-25)29(35)8-4-5-24-20-31(37)34(26-6-2-1-3-7-26)32(24)28-18-13-23(19-30(28)36)21-11-16-27(17-12-21)41(38,39)40/h1-3,6-7,9-19,24,29,32,35-36H,4-5,8,20H2,(H2,38,39,40)/t24-,29+,32-/m0/s1. The number of amides is 1. The molecule has 4 aromatic rings. The lowest BCUT2D eigenvalue weighted by Crippen LogP contribution is -2.28. The molecule has 7 nitrogen and oxygen atoms in total. The number of hydrogen-bond acceptors (Lipinski definition) is 4. The van der Waals surface area contributed by atoms with Gasteiger partial charge in [-0.3, -0.25) is 9.36 Å². The van der Waals surface area contributed by atoms with Crippen molar-refractivity contribution in [3.05, 3.63) is 114 Å². The third-order valence-corrected chi connectivity index (χ3v) is 8.63. The Hall–Kier alpha value is -3.81. The number of aliphatic hydroxyl groups is 1. The number of anilines is 1. The average Bonchev–Trinajstić information content (AvgIpc) is 3.28. The van der Waals surface area contributed by atoms with Crippen LogP contribution < -0.4 is 10.2 Å². The summed E-state index contributed by atoms with van der Waals surface area (Å²) in [4.78, 5) is 33.8. The molecule has 1 saturated heterocycles. The number of benzene rings is 4. The number of carbonyl (C=O) groups is 1. The van der Waals surface area contributed by atoms with E-state index in [-0.39, 0.29) is 35.1 Å². The second-order valence-electron chi connectivity index (χ2n) is 10.4. The number of phenolic OH excluding ortho intramolecular Hbond substituents is 1. The van der Waals surface area contributed by atoms with Gasteiger partial charge in [0.1, 0.15) is 11.6 Å². The summed E-state index contributed by atoms with van der Waals surface area (Å²) in [6, 6.07) is 25.8. The summed E-state index contributed by atoms with van der Waals surface area (Å²) >= 11 is 0. The minimum absolute atomic E-state index is 0.0125. The highest BCUT2D eigenvalue weighted by molar-refractivity contribution is 7.60. The Morgan fingerprint density at radius 1 is 0.902 bits per heavy atom. The molecule has 0 bridgehead atoms. The van der Waals surface area contributed by atoms with E-state index in [0.717, 1.165) is 5.69 Å². The summed E-state index contributed by atoms with van der Waals surface area (Å²) in [5.74, 6) is -0.527. The van der Waals surface area contributed by atoms with E-state index in [9.17, 15) is 33.7 Å². The Kier molecular flexibility index (Phi) is 8.38. The van der Waals surface area contributed by atoms with Crippen molar-refractivity contribution in [2.75, 3.05) is 4.90 Å². The lowest BCUT2D eigenvalue weighted by Gasteiger charge is -2.30. The maximum Gasteiger partial charge on any atom is 0.356 e. The average molecular weight is 576 g/mol. The second-order valence-corrected chi connectivity index (χ2v) is 12.0. The normalized spacial score (nSPS) is 18.0. The van der Waals surface area contributed by atoms with Crippen LogP contribution >= 0.6 is 7.60 Å². The van der Waals surface area contributed by atoms with Gasteiger partial charge in [-0.25, -0.2) is 4.39 Å². The molecule has 0 aliphatic carbocycles. The van der Waals surface area contributed by atoms with Crippen molar-refractivity contribution in [3.63, 3.8) is 0 Å². The molecule has 41 heavy (non-hydrogen) atoms. The van der Waals surface area contributed by atoms with E-state index in [0.29, 0.717) is 41.5 Å². The molecule has 0 radical (unpaired) electrons. The zero-order valence-electron chi connectivity index (χ0n) is 22.2. The molecule has 5 rings (SSSR count). The van der Waals surface area contributed by atoms with Gasteiger partial charge < -0.3 is 24.9 Å². The summed E-state index contributed by atoms with van der Waals surface area (Å²) in [6.45, 7) is 0. The number of phenols is 1. The molecular weight excluding hydrogens is 544 g/mol. The van der Waals surface area contributed by atoms with E-state index in [1.54, 1.807) is 41.3 Å². The van der Waals surface area contributed by atoms with Gasteiger partial charge in [0.25, 0.3) is 0 Å². The van der Waals surface area contributed by atoms with Gasteiger partial charge in [-0.1, -0.05) is 61.0 Å². The number of para-hydroxylation sites is 1. The van der Waals surface area contributed by atoms with Crippen molar-refractivity contribution in [1.82, 2.24) is 0 Å². The highest BCUT2D eigenvalue weighted by Crippen LogP contribution is 2.47. The highest BCUT2D eigenvalue weighted by atomic mass is 31.2. The van der Waals surface area contributed by atoms with Crippen molar-refractivity contribution >= 4 is 24.5 Å². The molecule has 212 valence electrons. The lowest BCUT2D eigenvalue weighted by molar-refractivity contribution is -0.117. The molecule has 1 fully saturated rings. The van der Waals surface area contributed by atoms with Gasteiger partial charge in [-0.2, -0.15) is 0 Å². The summed E-state index contributed by atoms with van der Waals surface area (Å²) < 4.78 is 24.8. The Bertz CT molecular complexity index is 1560. The Morgan fingerprint density at radius 2 is 1.56 bits per heavy atom. The van der Waals surface area contributed by atoms with E-state index in [2.05, 4.69) is 0 Å². The largest absolute Gasteiger partial charge is 0.508 e. The molecule has 9 heteroatoms. The second kappa shape index (κ2) is 12.0. The molecular formula is C32H31FNO6P. The van der Waals surface area contributed by atoms with Crippen LogP contribution in [0.2, 0.25) is 0 Å². The summed E-state index contributed by atoms with van der Waals surface area (Å²) in [5, 5.41) is 21.7. The predicted molar refractivity (Wildman–Crippen MR) is 155 cm³/mol. The van der Waals surface area contributed by atoms with Crippen molar-refractivity contribution in [2.45, 2.75) is 37.8 Å². The van der Waals surface area contributed by atoms with Crippen LogP contribution in [0.25, 0.3) is 11.1 Å². The van der Waals surface area contributed by atoms with Gasteiger partial charge in [0.2, 0.25) is 5.91 Å². The molecule has 0 saturated carbocycles. The predicted octanol–water partition coefficient (Wildman–Crippen LogP) is 6.00. The van der Waals surface area contributed by atoms with Crippen molar-refractivity contribution in [2.24, 2.45) is 5.92 Å². The molecule has 4 N–H and O–H groups in total. The minimum atomic E-state index is -4.36. The quantitative estimate of drug-likeness (QED) is 0.182. The molecule has 1 aliphatic heterocycles. The Balaban J connectivity index is 1.40. The topological polar surface area (TPSA) is 118 Å². The first kappa shape index (κ1) is 28.7. The van der Waals surface area contributed by atoms with Crippen LogP contribution in [0.5, 0.6) is 5.75 Å². The molecule has 1 aliphatic rings. The monoisotopic (exact) mass is 575 g/mol. The van der Waals surface area contributed by atoms with Crippen LogP contribution in [0.4, 0.5) is 10.1 Å². The molecule has 0 aromatic heterocycles. The number of aliphatic hydroxyl groups excluding tert-OH is 1. The van der Waals surface area contributed by atoms with Gasteiger partial charge in [0.15, 0.2) is 0 Å². The number of rotatable bonds is 9. The van der Waals surface area contributed by atoms with Gasteiger partial charge in [0.05, 0.1) is 17.5 Å². The minimum Gasteiger partial charge on any atom is -0.508 e. The van der Waals surface area contributed by atoms with Gasteiger partial charge >= 0.3 is 7.60 Å². The van der Waals surface area contributed by atoms with Gasteiger partial charge in [-0.15, -0.1) is 0 Å². The van der Waals surface area contributed by atoms with Crippen molar-refractivity contribution in [1.29, 1.82) is 0 Å². The van der Waals surface area contributed by atoms with Crippen LogP contribution in [-0.2, 0) is 9.36 Å². The van der Waals surface area contributed by atoms with E-state index >= 15 is 0 Å². The molecule has 1 heterocycles. The van der Waals surface area contributed by atoms with Crippen molar-refractivity contribution in [3.8, 4) is 16.9 Å². The van der Waals surface area contributed by atoms with Crippen LogP contribution in [-0.4, -0.2) is 25.9 Å². The first-order chi connectivity index (χ1) is 19.6. The molecule has 0 unspecified atom stereocenters. The van der Waals surface area contributed by atoms with E-state index in [1.807, 2.05) is 36.4 Å². The molecule has 0 spiro atoms. The molecule has 1 amide bonds. The smallest absolute Gasteiger partial charge is 0.356 e. The number of halogens is 1. The van der Waals surface area contributed by atoms with Gasteiger partial charge in [-0.05, 0) is 77.9 Å². The summed E-state index contributed by atoms with van der Waals surface area (Å²) in [7, 11) is -4.36. The fourth-order valence-corrected chi connectivity index (χ4v) is 6.13. The fraction of sp³-hybridized carbons (Fsp3) is 0.219. The van der Waals surface area contributed by atoms with Crippen molar-refractivity contribution < 1.29 is 33.7 Å². The summed E-state index contributed by atoms with van der Waals surface area (Å²) in [5.41, 5.74) is 3.31. The van der Waals surface area contributed by atoms with E-state index in [1.165, 1.54) is 24.3 Å². The number of hydrogen-bond donors (Lipinski definition) is 4. The highest BCUT2D eigenvalue weighted by Gasteiger charge is 2.42. The zero-order chi connectivity index (χ0) is 29.1. The number of carbonyl (C=O) groups excluding carboxylic acids is 1. The fourth-order valence-electron chi connectivity index (χ4n) is 5.59. The maximum absolute atomic E-state index is 13.3. The van der Waals surface area contributed by atoms with Crippen LogP contribution in [0, 0.1) is 11.7 Å². The lowest BCUT2D eigenvalue weighted by atomic mass is 9.87. The third kappa shape index (κ3) is 6.42. The van der Waals surface area contributed by atoms with Crippen LogP contribution in [0.1, 0.15) is 49.0 Å². The molecule has 3 atom stereocenters. The van der Waals surface area contributed by atoms with Crippen LogP contribution in [0.15, 0.2) is 97.1 Å². The van der Waals surface area contributed by atoms with E-state index < -0.39 is 19.7 Å². The number of aromatic hydroxyl groups is 1. The SMILES string of the molecule is O=C1C[C@H](CCC[C@@H](O)c2ccc(F)cc2)[C@@H](c2ccc(-c3ccc(P(=O)(O)O)cc3)cc2O)N1c1ccccc1. The Labute approximate surface area is 237 Å². The third-order valence-electron chi connectivity index (χ3n) is 7.66. The molecule has 4 aromatic carbocycles. The van der Waals surface area contributed by atoms with Gasteiger partial charge in [0, 0.05) is 17.7 Å². The first-order valence-electron chi connectivity index (χ1n) is 13.4. The zero-order valence-corrected chi connectivity index (χ0v) is 23.1.